The average molecular weight is 380 g/mol. The Morgan fingerprint density at radius 2 is 1.96 bits per heavy atom. The summed E-state index contributed by atoms with van der Waals surface area (Å²) < 4.78 is 15.9. The third-order valence-corrected chi connectivity index (χ3v) is 5.13. The number of nitrogens with one attached hydrogen (secondary N) is 2. The monoisotopic (exact) mass is 380 g/mol. The number of methoxy groups -OCH3 is 2. The molecule has 1 unspecified atom stereocenters. The Bertz CT molecular complexity index is 1140. The molecule has 2 aromatic carbocycles. The third kappa shape index (κ3) is 2.16. The Labute approximate surface area is 158 Å². The van der Waals surface area contributed by atoms with Gasteiger partial charge in [0.25, 0.3) is 0 Å². The summed E-state index contributed by atoms with van der Waals surface area (Å²) in [7, 11) is 2.92. The van der Waals surface area contributed by atoms with Gasteiger partial charge in [0.05, 0.1) is 31.0 Å². The van der Waals surface area contributed by atoms with Crippen LogP contribution in [0.1, 0.15) is 17.0 Å². The van der Waals surface area contributed by atoms with Crippen LogP contribution in [-0.4, -0.2) is 47.3 Å². The highest BCUT2D eigenvalue weighted by Gasteiger charge is 2.40. The van der Waals surface area contributed by atoms with E-state index in [-0.39, 0.29) is 23.9 Å². The van der Waals surface area contributed by atoms with E-state index in [2.05, 4.69) is 20.7 Å². The fourth-order valence-electron chi connectivity index (χ4n) is 3.88. The van der Waals surface area contributed by atoms with Gasteiger partial charge < -0.3 is 24.6 Å². The third-order valence-electron chi connectivity index (χ3n) is 5.13. The number of nitrogens with zero attached hydrogens (tertiary/aromatic N) is 2. The number of phenols is 1. The second-order valence-electron chi connectivity index (χ2n) is 6.53. The van der Waals surface area contributed by atoms with E-state index >= 15 is 0 Å². The number of aromatic nitrogens is 3. The molecule has 2 aliphatic rings. The molecule has 0 fully saturated rings. The van der Waals surface area contributed by atoms with Crippen LogP contribution in [0.25, 0.3) is 11.0 Å². The van der Waals surface area contributed by atoms with Crippen LogP contribution in [0.3, 0.4) is 0 Å². The number of benzene rings is 2. The van der Waals surface area contributed by atoms with Crippen LogP contribution in [-0.2, 0) is 9.53 Å². The van der Waals surface area contributed by atoms with Crippen molar-refractivity contribution < 1.29 is 24.1 Å². The van der Waals surface area contributed by atoms with Gasteiger partial charge in [-0.1, -0.05) is 5.21 Å². The van der Waals surface area contributed by atoms with Crippen LogP contribution in [0.4, 0.5) is 5.69 Å². The van der Waals surface area contributed by atoms with Crippen molar-refractivity contribution in [2.75, 3.05) is 26.1 Å². The van der Waals surface area contributed by atoms with Gasteiger partial charge in [-0.25, -0.2) is 4.79 Å². The molecule has 0 saturated heterocycles. The van der Waals surface area contributed by atoms with Gasteiger partial charge in [-0.3, -0.25) is 5.10 Å². The molecule has 0 saturated carbocycles. The van der Waals surface area contributed by atoms with E-state index in [0.717, 1.165) is 11.3 Å². The van der Waals surface area contributed by atoms with Crippen molar-refractivity contribution in [1.82, 2.24) is 15.4 Å². The first kappa shape index (κ1) is 16.4. The lowest BCUT2D eigenvalue weighted by Crippen LogP contribution is -2.20. The number of rotatable bonds is 3. The number of esters is 1. The zero-order valence-electron chi connectivity index (χ0n) is 15.1. The average Bonchev–Trinajstić information content (AvgIpc) is 3.33. The molecule has 2 aliphatic heterocycles. The summed E-state index contributed by atoms with van der Waals surface area (Å²) in [6, 6.07) is 7.13. The van der Waals surface area contributed by atoms with Gasteiger partial charge in [0, 0.05) is 17.2 Å². The summed E-state index contributed by atoms with van der Waals surface area (Å²) in [6.45, 7) is 0.176. The molecule has 142 valence electrons. The fraction of sp³-hybridized carbons (Fsp3) is 0.211. The van der Waals surface area contributed by atoms with Gasteiger partial charge in [0.2, 0.25) is 5.75 Å². The minimum Gasteiger partial charge on any atom is -0.502 e. The van der Waals surface area contributed by atoms with Gasteiger partial charge in [-0.15, -0.1) is 5.10 Å². The van der Waals surface area contributed by atoms with Crippen molar-refractivity contribution in [3.8, 4) is 17.2 Å². The molecule has 3 heterocycles. The number of hydrogen-bond donors (Lipinski definition) is 3. The molecule has 1 aromatic heterocycles. The van der Waals surface area contributed by atoms with Crippen LogP contribution in [0.2, 0.25) is 0 Å². The SMILES string of the molecule is COc1cc(C2C3=C(COC3=O)Nc3ccc4nn[nH]c4c32)cc(OC)c1O. The molecule has 0 aliphatic carbocycles. The molecule has 9 heteroatoms. The number of phenolic OH excluding ortho intramolecular Hbond substituents is 1. The van der Waals surface area contributed by atoms with E-state index < -0.39 is 11.9 Å². The maximum absolute atomic E-state index is 12.6. The Hall–Kier alpha value is -3.75. The molecule has 3 aromatic rings. The lowest BCUT2D eigenvalue weighted by Gasteiger charge is -2.28. The number of ether oxygens (including phenoxy) is 3. The maximum atomic E-state index is 12.6. The van der Waals surface area contributed by atoms with E-state index in [4.69, 9.17) is 14.2 Å². The number of fused-ring (bicyclic) bond motifs is 3. The van der Waals surface area contributed by atoms with Crippen LogP contribution >= 0.6 is 0 Å². The topological polar surface area (TPSA) is 119 Å². The van der Waals surface area contributed by atoms with E-state index in [0.29, 0.717) is 27.9 Å². The van der Waals surface area contributed by atoms with Crippen LogP contribution in [0, 0.1) is 0 Å². The Kier molecular flexibility index (Phi) is 3.45. The number of anilines is 1. The highest BCUT2D eigenvalue weighted by molar-refractivity contribution is 6.00. The summed E-state index contributed by atoms with van der Waals surface area (Å²) in [5, 5.41) is 24.5. The normalized spacial score (nSPS) is 17.8. The van der Waals surface area contributed by atoms with E-state index in [9.17, 15) is 9.90 Å². The molecule has 0 bridgehead atoms. The minimum atomic E-state index is -0.476. The van der Waals surface area contributed by atoms with Gasteiger partial charge in [-0.2, -0.15) is 0 Å². The summed E-state index contributed by atoms with van der Waals surface area (Å²) in [5.74, 6) is -0.479. The van der Waals surface area contributed by atoms with Crippen LogP contribution in [0.5, 0.6) is 17.2 Å². The highest BCUT2D eigenvalue weighted by atomic mass is 16.5. The van der Waals surface area contributed by atoms with Crippen molar-refractivity contribution in [2.24, 2.45) is 0 Å². The van der Waals surface area contributed by atoms with Crippen molar-refractivity contribution in [2.45, 2.75) is 5.92 Å². The number of H-pyrrole nitrogens is 1. The number of carbonyl (C=O) groups is 1. The van der Waals surface area contributed by atoms with Gasteiger partial charge in [-0.05, 0) is 29.8 Å². The van der Waals surface area contributed by atoms with Gasteiger partial charge in [0.1, 0.15) is 12.1 Å². The number of cyclic esters (lactones) is 1. The highest BCUT2D eigenvalue weighted by Crippen LogP contribution is 2.49. The second-order valence-corrected chi connectivity index (χ2v) is 6.53. The van der Waals surface area contributed by atoms with Crippen LogP contribution < -0.4 is 14.8 Å². The van der Waals surface area contributed by atoms with Crippen molar-refractivity contribution in [1.29, 1.82) is 0 Å². The first-order valence-electron chi connectivity index (χ1n) is 8.58. The van der Waals surface area contributed by atoms with E-state index in [1.165, 1.54) is 14.2 Å². The van der Waals surface area contributed by atoms with Crippen molar-refractivity contribution >= 4 is 22.7 Å². The van der Waals surface area contributed by atoms with E-state index in [1.54, 1.807) is 12.1 Å². The lowest BCUT2D eigenvalue weighted by molar-refractivity contribution is -0.136. The zero-order valence-corrected chi connectivity index (χ0v) is 15.1. The fourth-order valence-corrected chi connectivity index (χ4v) is 3.88. The summed E-state index contributed by atoms with van der Waals surface area (Å²) in [6.07, 6.45) is 0. The number of aromatic hydroxyl groups is 1. The van der Waals surface area contributed by atoms with Crippen LogP contribution in [0.15, 0.2) is 35.5 Å². The predicted octanol–water partition coefficient (Wildman–Crippen LogP) is 2.05. The van der Waals surface area contributed by atoms with Gasteiger partial charge >= 0.3 is 5.97 Å². The standard InChI is InChI=1S/C19H16N4O5/c1-26-12-5-8(6-13(27-2)18(12)24)14-15-9(3-4-10-17(15)22-23-21-10)20-11-7-28-19(25)16(11)14/h3-6,14,20,24H,7H2,1-2H3,(H,21,22,23). The largest absolute Gasteiger partial charge is 0.502 e. The Morgan fingerprint density at radius 3 is 2.68 bits per heavy atom. The first-order valence-corrected chi connectivity index (χ1v) is 8.58. The Balaban J connectivity index is 1.82. The summed E-state index contributed by atoms with van der Waals surface area (Å²) in [4.78, 5) is 12.6. The molecule has 1 atom stereocenters. The first-order chi connectivity index (χ1) is 13.6. The maximum Gasteiger partial charge on any atom is 0.337 e. The molecule has 0 radical (unpaired) electrons. The number of aromatic amines is 1. The molecular formula is C19H16N4O5. The molecular weight excluding hydrogens is 364 g/mol. The van der Waals surface area contributed by atoms with Crippen molar-refractivity contribution in [3.63, 3.8) is 0 Å². The molecule has 9 nitrogen and oxygen atoms in total. The molecule has 3 N–H and O–H groups in total. The van der Waals surface area contributed by atoms with E-state index in [1.807, 2.05) is 12.1 Å². The molecule has 0 amide bonds. The molecule has 0 spiro atoms. The smallest absolute Gasteiger partial charge is 0.337 e. The number of hydrogen-bond acceptors (Lipinski definition) is 8. The quantitative estimate of drug-likeness (QED) is 0.591. The zero-order chi connectivity index (χ0) is 19.4. The second kappa shape index (κ2) is 5.88. The predicted molar refractivity (Wildman–Crippen MR) is 98.6 cm³/mol. The van der Waals surface area contributed by atoms with Crippen molar-refractivity contribution in [3.05, 3.63) is 46.7 Å². The lowest BCUT2D eigenvalue weighted by atomic mass is 9.80. The molecule has 28 heavy (non-hydrogen) atoms. The number of carbonyl (C=O) groups excluding carboxylic acids is 1. The summed E-state index contributed by atoms with van der Waals surface area (Å²) in [5.41, 5.74) is 4.96. The summed E-state index contributed by atoms with van der Waals surface area (Å²) >= 11 is 0. The minimum absolute atomic E-state index is 0.104. The Morgan fingerprint density at radius 1 is 1.21 bits per heavy atom. The van der Waals surface area contributed by atoms with Gasteiger partial charge in [0.15, 0.2) is 11.5 Å². The molecule has 5 rings (SSSR count).